The Morgan fingerprint density at radius 3 is 2.16 bits per heavy atom. The Morgan fingerprint density at radius 1 is 0.844 bits per heavy atom. The van der Waals surface area contributed by atoms with Crippen molar-refractivity contribution in [1.82, 2.24) is 0 Å². The van der Waals surface area contributed by atoms with Crippen LogP contribution in [0, 0.1) is 0 Å². The van der Waals surface area contributed by atoms with Crippen molar-refractivity contribution in [2.75, 3.05) is 13.2 Å². The van der Waals surface area contributed by atoms with Crippen LogP contribution in [0.15, 0.2) is 42.5 Å². The molecule has 2 heterocycles. The summed E-state index contributed by atoms with van der Waals surface area (Å²) < 4.78 is 27.9. The molecule has 0 bridgehead atoms. The molecule has 0 amide bonds. The molecule has 11 atom stereocenters. The van der Waals surface area contributed by atoms with Crippen molar-refractivity contribution in [3.63, 3.8) is 0 Å². The molecule has 0 aliphatic carbocycles. The Balaban J connectivity index is 1.54. The zero-order chi connectivity index (χ0) is 33.0. The molecular formula is C29H36O16. The number of ether oxygens (including phenoxy) is 5. The van der Waals surface area contributed by atoms with Crippen LogP contribution in [0.2, 0.25) is 0 Å². The number of carbonyl (C=O) groups excluding carboxylic acids is 1. The van der Waals surface area contributed by atoms with Crippen LogP contribution < -0.4 is 0 Å². The lowest BCUT2D eigenvalue weighted by Gasteiger charge is -2.46. The first kappa shape index (κ1) is 34.3. The van der Waals surface area contributed by atoms with E-state index in [0.29, 0.717) is 5.56 Å². The van der Waals surface area contributed by atoms with Gasteiger partial charge in [-0.1, -0.05) is 12.1 Å². The van der Waals surface area contributed by atoms with E-state index in [1.54, 1.807) is 0 Å². The van der Waals surface area contributed by atoms with Gasteiger partial charge in [-0.15, -0.1) is 0 Å². The first-order valence-corrected chi connectivity index (χ1v) is 13.8. The number of aliphatic hydroxyl groups is 6. The lowest BCUT2D eigenvalue weighted by molar-refractivity contribution is -0.358. The molecular weight excluding hydrogens is 604 g/mol. The summed E-state index contributed by atoms with van der Waals surface area (Å²) in [6.45, 7) is 0.0546. The van der Waals surface area contributed by atoms with E-state index in [4.69, 9.17) is 23.7 Å². The van der Waals surface area contributed by atoms with Crippen molar-refractivity contribution in [2.45, 2.75) is 74.4 Å². The van der Waals surface area contributed by atoms with Crippen LogP contribution in [0.5, 0.6) is 23.0 Å². The van der Waals surface area contributed by atoms with Crippen molar-refractivity contribution in [1.29, 1.82) is 0 Å². The average Bonchev–Trinajstić information content (AvgIpc) is 3.01. The second-order valence-corrected chi connectivity index (χ2v) is 10.6. The molecule has 0 aromatic heterocycles. The van der Waals surface area contributed by atoms with Gasteiger partial charge in [-0.25, -0.2) is 4.79 Å². The van der Waals surface area contributed by atoms with Gasteiger partial charge in [0.25, 0.3) is 0 Å². The molecule has 2 fully saturated rings. The van der Waals surface area contributed by atoms with Crippen LogP contribution in [-0.2, 0) is 28.5 Å². The zero-order valence-corrected chi connectivity index (χ0v) is 23.8. The SMILES string of the molecule is C[C@@H]1O[C@@H](O[C@H]2[C@@H](O)[C@H](OC[C@H](O)c3ccc(O)c(O)c3)O[C@H](CO)[C@H]2OC(=O)/C=C/c2ccc(O)c(O)c2)[C@H](O)[C@H](O)[C@H]1O. The zero-order valence-electron chi connectivity index (χ0n) is 23.8. The normalized spacial score (nSPS) is 32.8. The highest BCUT2D eigenvalue weighted by molar-refractivity contribution is 5.87. The smallest absolute Gasteiger partial charge is 0.331 e. The number of rotatable bonds is 10. The van der Waals surface area contributed by atoms with Crippen molar-refractivity contribution >= 4 is 12.0 Å². The summed E-state index contributed by atoms with van der Waals surface area (Å²) in [7, 11) is 0. The fourth-order valence-electron chi connectivity index (χ4n) is 4.77. The minimum atomic E-state index is -1.83. The third-order valence-electron chi connectivity index (χ3n) is 7.36. The second kappa shape index (κ2) is 14.7. The van der Waals surface area contributed by atoms with E-state index < -0.39 is 104 Å². The topological polar surface area (TPSA) is 266 Å². The van der Waals surface area contributed by atoms with Crippen LogP contribution in [0.25, 0.3) is 6.08 Å². The Morgan fingerprint density at radius 2 is 1.51 bits per heavy atom. The molecule has 45 heavy (non-hydrogen) atoms. The number of hydrogen-bond acceptors (Lipinski definition) is 16. The van der Waals surface area contributed by atoms with Gasteiger partial charge in [0.15, 0.2) is 41.7 Å². The largest absolute Gasteiger partial charge is 0.504 e. The Bertz CT molecular complexity index is 1340. The lowest BCUT2D eigenvalue weighted by atomic mass is 9.97. The molecule has 2 aliphatic heterocycles. The number of aliphatic hydroxyl groups excluding tert-OH is 6. The van der Waals surface area contributed by atoms with Gasteiger partial charge in [-0.05, 0) is 48.4 Å². The first-order valence-electron chi connectivity index (χ1n) is 13.8. The molecule has 0 radical (unpaired) electrons. The standard InChI is InChI=1S/C29H36O16/c1-12-22(37)23(38)24(39)29(42-12)45-27-25(40)28(41-11-19(35)14-4-6-16(32)18(34)9-14)43-20(10-30)26(27)44-21(36)7-3-13-2-5-15(31)17(33)8-13/h2-9,12,19-20,22-35,37-40H,10-11H2,1H3/b7-3+/t12-,19-,20+,22-,23+,24+,25+,26+,27-,28+,29-/m0/s1. The molecule has 0 spiro atoms. The predicted molar refractivity (Wildman–Crippen MR) is 148 cm³/mol. The highest BCUT2D eigenvalue weighted by atomic mass is 16.7. The summed E-state index contributed by atoms with van der Waals surface area (Å²) >= 11 is 0. The molecule has 2 aliphatic rings. The van der Waals surface area contributed by atoms with Gasteiger partial charge >= 0.3 is 5.97 Å². The van der Waals surface area contributed by atoms with E-state index in [2.05, 4.69) is 0 Å². The maximum atomic E-state index is 12.8. The van der Waals surface area contributed by atoms with Gasteiger partial charge in [-0.2, -0.15) is 0 Å². The number of benzene rings is 2. The minimum Gasteiger partial charge on any atom is -0.504 e. The van der Waals surface area contributed by atoms with Gasteiger partial charge in [-0.3, -0.25) is 0 Å². The maximum absolute atomic E-state index is 12.8. The fraction of sp³-hybridized carbons (Fsp3) is 0.483. The Kier molecular flexibility index (Phi) is 11.2. The molecule has 4 rings (SSSR count). The Labute approximate surface area is 256 Å². The molecule has 248 valence electrons. The highest BCUT2D eigenvalue weighted by Gasteiger charge is 2.52. The van der Waals surface area contributed by atoms with Crippen molar-refractivity contribution in [3.8, 4) is 23.0 Å². The van der Waals surface area contributed by atoms with E-state index in [0.717, 1.165) is 18.2 Å². The molecule has 2 aromatic carbocycles. The lowest BCUT2D eigenvalue weighted by Crippen LogP contribution is -2.65. The van der Waals surface area contributed by atoms with Crippen LogP contribution in [0.1, 0.15) is 24.2 Å². The monoisotopic (exact) mass is 640 g/mol. The molecule has 0 unspecified atom stereocenters. The van der Waals surface area contributed by atoms with Gasteiger partial charge in [0.1, 0.15) is 42.7 Å². The van der Waals surface area contributed by atoms with Crippen molar-refractivity contribution < 1.29 is 79.5 Å². The van der Waals surface area contributed by atoms with Gasteiger partial charge in [0, 0.05) is 6.08 Å². The van der Waals surface area contributed by atoms with E-state index in [1.165, 1.54) is 37.3 Å². The van der Waals surface area contributed by atoms with Gasteiger partial charge in [0.05, 0.1) is 19.3 Å². The van der Waals surface area contributed by atoms with Crippen LogP contribution in [0.4, 0.5) is 0 Å². The van der Waals surface area contributed by atoms with Crippen LogP contribution in [0.3, 0.4) is 0 Å². The number of aromatic hydroxyl groups is 4. The van der Waals surface area contributed by atoms with Crippen molar-refractivity contribution in [2.24, 2.45) is 0 Å². The number of carbonyl (C=O) groups is 1. The predicted octanol–water partition coefficient (Wildman–Crippen LogP) is -1.53. The first-order chi connectivity index (χ1) is 21.3. The number of esters is 1. The summed E-state index contributed by atoms with van der Waals surface area (Å²) in [5, 5.41) is 101. The number of phenolic OH excluding ortho intramolecular Hbond substituents is 4. The summed E-state index contributed by atoms with van der Waals surface area (Å²) in [5.74, 6) is -2.75. The molecule has 16 heteroatoms. The fourth-order valence-corrected chi connectivity index (χ4v) is 4.77. The van der Waals surface area contributed by atoms with Crippen LogP contribution in [-0.4, -0.2) is 132 Å². The molecule has 16 nitrogen and oxygen atoms in total. The quantitative estimate of drug-likeness (QED) is 0.0802. The third kappa shape index (κ3) is 8.00. The summed E-state index contributed by atoms with van der Waals surface area (Å²) in [4.78, 5) is 12.8. The van der Waals surface area contributed by atoms with E-state index in [9.17, 15) is 55.9 Å². The molecule has 10 N–H and O–H groups in total. The van der Waals surface area contributed by atoms with Crippen molar-refractivity contribution in [3.05, 3.63) is 53.6 Å². The summed E-state index contributed by atoms with van der Waals surface area (Å²) in [5.41, 5.74) is 0.450. The Hall–Kier alpha value is -3.55. The number of hydrogen-bond donors (Lipinski definition) is 10. The minimum absolute atomic E-state index is 0.142. The molecule has 2 saturated heterocycles. The van der Waals surface area contributed by atoms with E-state index in [1.807, 2.05) is 0 Å². The summed E-state index contributed by atoms with van der Waals surface area (Å²) in [6, 6.07) is 7.32. The van der Waals surface area contributed by atoms with Gasteiger partial charge < -0.3 is 74.7 Å². The third-order valence-corrected chi connectivity index (χ3v) is 7.36. The maximum Gasteiger partial charge on any atom is 0.331 e. The molecule has 0 saturated carbocycles. The average molecular weight is 641 g/mol. The highest BCUT2D eigenvalue weighted by Crippen LogP contribution is 2.33. The second-order valence-electron chi connectivity index (χ2n) is 10.6. The van der Waals surface area contributed by atoms with E-state index in [-0.39, 0.29) is 11.3 Å². The van der Waals surface area contributed by atoms with Gasteiger partial charge in [0.2, 0.25) is 0 Å². The number of phenols is 4. The van der Waals surface area contributed by atoms with E-state index >= 15 is 0 Å². The molecule has 2 aromatic rings. The van der Waals surface area contributed by atoms with Crippen LogP contribution >= 0.6 is 0 Å². The summed E-state index contributed by atoms with van der Waals surface area (Å²) in [6.07, 6.45) is -15.0.